The molecular weight excluding hydrogens is 250 g/mol. The van der Waals surface area contributed by atoms with Crippen LogP contribution in [0.15, 0.2) is 52.3 Å². The van der Waals surface area contributed by atoms with Crippen molar-refractivity contribution in [2.75, 3.05) is 0 Å². The van der Waals surface area contributed by atoms with Crippen molar-refractivity contribution < 1.29 is 10.0 Å². The minimum absolute atomic E-state index is 0.0777. The molecule has 2 aromatic carbocycles. The van der Waals surface area contributed by atoms with E-state index in [1.54, 1.807) is 36.4 Å². The van der Waals surface area contributed by atoms with Crippen LogP contribution in [0.5, 0.6) is 5.75 Å². The molecule has 0 saturated heterocycles. The molecule has 0 fully saturated rings. The quantitative estimate of drug-likeness (QED) is 0.675. The summed E-state index contributed by atoms with van der Waals surface area (Å²) in [4.78, 5) is 11.9. The number of phenols is 1. The normalized spacial score (nSPS) is 10.3. The number of phenolic OH excluding ortho intramolecular Hbond substituents is 1. The van der Waals surface area contributed by atoms with Crippen molar-refractivity contribution >= 4 is 17.4 Å². The Labute approximate surface area is 108 Å². The molecule has 18 heavy (non-hydrogen) atoms. The summed E-state index contributed by atoms with van der Waals surface area (Å²) in [6, 6.07) is 11.6. The zero-order valence-electron chi connectivity index (χ0n) is 9.66. The summed E-state index contributed by atoms with van der Waals surface area (Å²) < 4.78 is 0. The van der Waals surface area contributed by atoms with Crippen LogP contribution in [0.4, 0.5) is 5.69 Å². The van der Waals surface area contributed by atoms with E-state index in [1.807, 2.05) is 6.92 Å². The van der Waals surface area contributed by atoms with Crippen LogP contribution in [0.25, 0.3) is 0 Å². The Morgan fingerprint density at radius 3 is 2.67 bits per heavy atom. The molecular formula is C13H11NO3S. The monoisotopic (exact) mass is 261 g/mol. The summed E-state index contributed by atoms with van der Waals surface area (Å²) in [5.41, 5.74) is 1.04. The van der Waals surface area contributed by atoms with Gasteiger partial charge in [-0.15, -0.1) is 0 Å². The first-order chi connectivity index (χ1) is 8.56. The smallest absolute Gasteiger partial charge is 0.283 e. The van der Waals surface area contributed by atoms with E-state index in [1.165, 1.54) is 17.8 Å². The van der Waals surface area contributed by atoms with Crippen molar-refractivity contribution in [3.8, 4) is 5.75 Å². The fraction of sp³-hybridized carbons (Fsp3) is 0.0769. The molecule has 2 rings (SSSR count). The van der Waals surface area contributed by atoms with Gasteiger partial charge in [-0.05, 0) is 36.8 Å². The summed E-state index contributed by atoms with van der Waals surface area (Å²) in [6.45, 7) is 1.89. The molecule has 0 amide bonds. The molecule has 5 heteroatoms. The van der Waals surface area contributed by atoms with E-state index in [4.69, 9.17) is 0 Å². The maximum absolute atomic E-state index is 10.9. The molecule has 92 valence electrons. The Hall–Kier alpha value is -2.01. The largest absolute Gasteiger partial charge is 0.508 e. The lowest BCUT2D eigenvalue weighted by molar-refractivity contribution is -0.387. The molecule has 0 saturated carbocycles. The van der Waals surface area contributed by atoms with E-state index in [9.17, 15) is 15.2 Å². The number of rotatable bonds is 3. The molecule has 0 spiro atoms. The molecule has 0 radical (unpaired) electrons. The van der Waals surface area contributed by atoms with Gasteiger partial charge in [0, 0.05) is 11.0 Å². The van der Waals surface area contributed by atoms with Gasteiger partial charge in [0.05, 0.1) is 9.82 Å². The third-order valence-electron chi connectivity index (χ3n) is 2.36. The molecule has 0 aliphatic heterocycles. The van der Waals surface area contributed by atoms with Crippen molar-refractivity contribution in [2.45, 2.75) is 16.7 Å². The Morgan fingerprint density at radius 2 is 2.00 bits per heavy atom. The Balaban J connectivity index is 2.39. The fourth-order valence-electron chi connectivity index (χ4n) is 1.53. The third-order valence-corrected chi connectivity index (χ3v) is 3.39. The summed E-state index contributed by atoms with van der Waals surface area (Å²) >= 11 is 1.27. The molecule has 1 N–H and O–H groups in total. The minimum Gasteiger partial charge on any atom is -0.508 e. The first-order valence-electron chi connectivity index (χ1n) is 5.28. The van der Waals surface area contributed by atoms with E-state index in [0.717, 1.165) is 10.5 Å². The highest BCUT2D eigenvalue weighted by molar-refractivity contribution is 7.99. The molecule has 0 aliphatic rings. The average Bonchev–Trinajstić information content (AvgIpc) is 2.28. The zero-order chi connectivity index (χ0) is 13.1. The van der Waals surface area contributed by atoms with Crippen molar-refractivity contribution in [1.82, 2.24) is 0 Å². The summed E-state index contributed by atoms with van der Waals surface area (Å²) in [5.74, 6) is 0.148. The molecule has 0 bridgehead atoms. The van der Waals surface area contributed by atoms with Gasteiger partial charge in [0.15, 0.2) is 0 Å². The molecule has 0 aliphatic carbocycles. The maximum atomic E-state index is 10.9. The van der Waals surface area contributed by atoms with Gasteiger partial charge in [-0.25, -0.2) is 0 Å². The SMILES string of the molecule is Cc1ccc([N+](=O)[O-])c(Sc2cccc(O)c2)c1. The van der Waals surface area contributed by atoms with Crippen LogP contribution in [-0.2, 0) is 0 Å². The van der Waals surface area contributed by atoms with Gasteiger partial charge in [-0.2, -0.15) is 0 Å². The summed E-state index contributed by atoms with van der Waals surface area (Å²) in [7, 11) is 0. The Bertz CT molecular complexity index is 599. The first kappa shape index (κ1) is 12.4. The number of hydrogen-bond acceptors (Lipinski definition) is 4. The number of aryl methyl sites for hydroxylation is 1. The average molecular weight is 261 g/mol. The van der Waals surface area contributed by atoms with Gasteiger partial charge >= 0.3 is 0 Å². The van der Waals surface area contributed by atoms with E-state index < -0.39 is 4.92 Å². The number of hydrogen-bond donors (Lipinski definition) is 1. The van der Waals surface area contributed by atoms with Crippen LogP contribution in [0.3, 0.4) is 0 Å². The van der Waals surface area contributed by atoms with Gasteiger partial charge in [-0.1, -0.05) is 23.9 Å². The predicted molar refractivity (Wildman–Crippen MR) is 70.1 cm³/mol. The first-order valence-corrected chi connectivity index (χ1v) is 6.10. The predicted octanol–water partition coefficient (Wildman–Crippen LogP) is 3.76. The highest BCUT2D eigenvalue weighted by Gasteiger charge is 2.14. The van der Waals surface area contributed by atoms with Crippen LogP contribution in [0.1, 0.15) is 5.56 Å². The standard InChI is InChI=1S/C13H11NO3S/c1-9-5-6-12(14(16)17)13(7-9)18-11-4-2-3-10(15)8-11/h2-8,15H,1H3. The van der Waals surface area contributed by atoms with Crippen molar-refractivity contribution in [3.63, 3.8) is 0 Å². The van der Waals surface area contributed by atoms with E-state index >= 15 is 0 Å². The van der Waals surface area contributed by atoms with Crippen molar-refractivity contribution in [3.05, 3.63) is 58.1 Å². The molecule has 4 nitrogen and oxygen atoms in total. The zero-order valence-corrected chi connectivity index (χ0v) is 10.5. The van der Waals surface area contributed by atoms with Crippen LogP contribution in [0, 0.1) is 17.0 Å². The van der Waals surface area contributed by atoms with Gasteiger partial charge in [0.25, 0.3) is 5.69 Å². The summed E-state index contributed by atoms with van der Waals surface area (Å²) in [5, 5.41) is 20.3. The number of nitro groups is 1. The molecule has 0 heterocycles. The molecule has 0 aromatic heterocycles. The fourth-order valence-corrected chi connectivity index (χ4v) is 2.60. The number of nitro benzene ring substituents is 1. The lowest BCUT2D eigenvalue weighted by Gasteiger charge is -2.04. The number of benzene rings is 2. The second-order valence-electron chi connectivity index (χ2n) is 3.83. The Morgan fingerprint density at radius 1 is 1.22 bits per heavy atom. The molecule has 0 unspecified atom stereocenters. The van der Waals surface area contributed by atoms with Gasteiger partial charge in [0.2, 0.25) is 0 Å². The summed E-state index contributed by atoms with van der Waals surface area (Å²) in [6.07, 6.45) is 0. The highest BCUT2D eigenvalue weighted by Crippen LogP contribution is 2.36. The Kier molecular flexibility index (Phi) is 3.53. The van der Waals surface area contributed by atoms with Gasteiger partial charge < -0.3 is 5.11 Å². The minimum atomic E-state index is -0.398. The van der Waals surface area contributed by atoms with Gasteiger partial charge in [-0.3, -0.25) is 10.1 Å². The second kappa shape index (κ2) is 5.10. The molecule has 2 aromatic rings. The van der Waals surface area contributed by atoms with Crippen LogP contribution in [-0.4, -0.2) is 10.0 Å². The van der Waals surface area contributed by atoms with Crippen molar-refractivity contribution in [1.29, 1.82) is 0 Å². The lowest BCUT2D eigenvalue weighted by atomic mass is 10.2. The highest BCUT2D eigenvalue weighted by atomic mass is 32.2. The maximum Gasteiger partial charge on any atom is 0.283 e. The van der Waals surface area contributed by atoms with E-state index in [-0.39, 0.29) is 11.4 Å². The van der Waals surface area contributed by atoms with E-state index in [2.05, 4.69) is 0 Å². The topological polar surface area (TPSA) is 63.4 Å². The third kappa shape index (κ3) is 2.81. The van der Waals surface area contributed by atoms with Crippen LogP contribution < -0.4 is 0 Å². The van der Waals surface area contributed by atoms with Crippen molar-refractivity contribution in [2.24, 2.45) is 0 Å². The lowest BCUT2D eigenvalue weighted by Crippen LogP contribution is -1.91. The van der Waals surface area contributed by atoms with E-state index in [0.29, 0.717) is 4.90 Å². The number of aromatic hydroxyl groups is 1. The second-order valence-corrected chi connectivity index (χ2v) is 4.94. The van der Waals surface area contributed by atoms with Gasteiger partial charge in [0.1, 0.15) is 5.75 Å². The molecule has 0 atom stereocenters. The number of nitrogens with zero attached hydrogens (tertiary/aromatic N) is 1. The van der Waals surface area contributed by atoms with Crippen LogP contribution in [0.2, 0.25) is 0 Å². The van der Waals surface area contributed by atoms with Crippen LogP contribution >= 0.6 is 11.8 Å².